The van der Waals surface area contributed by atoms with Crippen molar-refractivity contribution in [3.05, 3.63) is 145 Å². The van der Waals surface area contributed by atoms with Crippen molar-refractivity contribution in [3.8, 4) is 39.4 Å². The van der Waals surface area contributed by atoms with Gasteiger partial charge in [0.2, 0.25) is 0 Å². The lowest BCUT2D eigenvalue weighted by molar-refractivity contribution is 0.477. The maximum absolute atomic E-state index is 10.6. The van der Waals surface area contributed by atoms with Gasteiger partial charge in [-0.15, -0.1) is 0 Å². The van der Waals surface area contributed by atoms with Gasteiger partial charge in [-0.05, 0) is 71.0 Å². The van der Waals surface area contributed by atoms with Crippen LogP contribution in [-0.2, 0) is 6.42 Å². The number of benzene rings is 4. The molecule has 204 valence electrons. The molecule has 4 aromatic carbocycles. The third-order valence-electron chi connectivity index (χ3n) is 7.56. The molecular weight excluding hydrogens is 511 g/mol. The summed E-state index contributed by atoms with van der Waals surface area (Å²) in [4.78, 5) is 9.91. The third kappa shape index (κ3) is 5.89. The first-order valence-electron chi connectivity index (χ1n) is 14.5. The summed E-state index contributed by atoms with van der Waals surface area (Å²) in [7, 11) is 0. The molecule has 4 heteroatoms. The van der Waals surface area contributed by atoms with Gasteiger partial charge in [0, 0.05) is 17.4 Å². The summed E-state index contributed by atoms with van der Waals surface area (Å²) in [5.41, 5.74) is 10.4. The van der Waals surface area contributed by atoms with Crippen LogP contribution in [0.2, 0.25) is 0 Å². The van der Waals surface area contributed by atoms with Crippen molar-refractivity contribution < 1.29 is 5.11 Å². The Kier molecular flexibility index (Phi) is 7.96. The smallest absolute Gasteiger partial charge is 0.265 e. The third-order valence-corrected chi connectivity index (χ3v) is 7.56. The van der Waals surface area contributed by atoms with E-state index in [1.807, 2.05) is 30.5 Å². The zero-order valence-electron chi connectivity index (χ0n) is 24.0. The van der Waals surface area contributed by atoms with Gasteiger partial charge in [0.15, 0.2) is 0 Å². The highest BCUT2D eigenvalue weighted by Gasteiger charge is 2.26. The summed E-state index contributed by atoms with van der Waals surface area (Å²) < 4.78 is 0. The number of aromatic hydroxyl groups is 1. The van der Waals surface area contributed by atoms with Crippen LogP contribution in [0.3, 0.4) is 0 Å². The molecule has 42 heavy (non-hydrogen) atoms. The fraction of sp³-hybridized carbons (Fsp3) is 0.105. The monoisotopic (exact) mass is 544 g/mol. The molecule has 3 nitrogen and oxygen atoms in total. The van der Waals surface area contributed by atoms with Crippen LogP contribution in [0.25, 0.3) is 33.6 Å². The summed E-state index contributed by atoms with van der Waals surface area (Å²) in [6.07, 6.45) is 2.80. The molecule has 0 radical (unpaired) electrons. The Bertz CT molecular complexity index is 1800. The van der Waals surface area contributed by atoms with Crippen molar-refractivity contribution in [2.24, 2.45) is 5.92 Å². The Morgan fingerprint density at radius 2 is 1.33 bits per heavy atom. The zero-order valence-corrected chi connectivity index (χ0v) is 24.0. The Labute approximate surface area is 248 Å². The van der Waals surface area contributed by atoms with Crippen molar-refractivity contribution in [1.29, 1.82) is 0 Å². The number of aromatic nitrogens is 2. The number of nitrogens with zero attached hydrogens (tertiary/aromatic N) is 2. The van der Waals surface area contributed by atoms with Crippen molar-refractivity contribution in [2.45, 2.75) is 20.3 Å². The maximum atomic E-state index is 10.6. The van der Waals surface area contributed by atoms with E-state index in [1.165, 1.54) is 22.2 Å². The van der Waals surface area contributed by atoms with Crippen LogP contribution in [-0.4, -0.2) is 21.8 Å². The molecule has 6 rings (SSSR count). The van der Waals surface area contributed by atoms with Crippen molar-refractivity contribution in [3.63, 3.8) is 0 Å². The standard InChI is InChI=1S/C38H33BN2O/c1-27(2)23-28-24-35(41-36(25-28)33-18-7-9-20-37(33)42)30-15-12-16-31(26-30)39(38-21-10-11-22-40-38)34-19-8-6-17-32(34)29-13-4-3-5-14-29/h3-22,24-27,42H,23H2,1-2H3. The Hall–Kier alpha value is -4.96. The van der Waals surface area contributed by atoms with E-state index < -0.39 is 0 Å². The molecule has 0 atom stereocenters. The second kappa shape index (κ2) is 12.3. The molecule has 0 spiro atoms. The molecule has 0 aliphatic carbocycles. The molecule has 0 amide bonds. The summed E-state index contributed by atoms with van der Waals surface area (Å²) >= 11 is 0. The van der Waals surface area contributed by atoms with Crippen LogP contribution in [0.15, 0.2) is 140 Å². The lowest BCUT2D eigenvalue weighted by atomic mass is 9.37. The predicted octanol–water partition coefficient (Wildman–Crippen LogP) is 6.90. The van der Waals surface area contributed by atoms with Gasteiger partial charge in [0.25, 0.3) is 6.71 Å². The summed E-state index contributed by atoms with van der Waals surface area (Å²) in [6, 6.07) is 45.7. The number of hydrogen-bond acceptors (Lipinski definition) is 3. The molecule has 0 unspecified atom stereocenters. The molecule has 2 heterocycles. The van der Waals surface area contributed by atoms with Crippen LogP contribution in [0.4, 0.5) is 0 Å². The van der Waals surface area contributed by atoms with Gasteiger partial charge in [0.1, 0.15) is 5.75 Å². The Morgan fingerprint density at radius 3 is 2.10 bits per heavy atom. The number of pyridine rings is 2. The first-order chi connectivity index (χ1) is 20.6. The van der Waals surface area contributed by atoms with E-state index in [-0.39, 0.29) is 12.5 Å². The number of para-hydroxylation sites is 1. The van der Waals surface area contributed by atoms with Gasteiger partial charge in [-0.25, -0.2) is 4.98 Å². The topological polar surface area (TPSA) is 46.0 Å². The lowest BCUT2D eigenvalue weighted by Crippen LogP contribution is -2.53. The Balaban J connectivity index is 1.51. The van der Waals surface area contributed by atoms with Gasteiger partial charge < -0.3 is 5.11 Å². The number of hydrogen-bond donors (Lipinski definition) is 1. The number of rotatable bonds is 8. The second-order valence-electron chi connectivity index (χ2n) is 11.1. The van der Waals surface area contributed by atoms with Gasteiger partial charge in [-0.2, -0.15) is 0 Å². The van der Waals surface area contributed by atoms with E-state index in [4.69, 9.17) is 9.97 Å². The quantitative estimate of drug-likeness (QED) is 0.212. The van der Waals surface area contributed by atoms with E-state index >= 15 is 0 Å². The minimum absolute atomic E-state index is 0.0703. The minimum atomic E-state index is -0.0703. The minimum Gasteiger partial charge on any atom is -0.507 e. The molecule has 0 saturated heterocycles. The van der Waals surface area contributed by atoms with Crippen molar-refractivity contribution >= 4 is 23.2 Å². The SMILES string of the molecule is CC(C)Cc1cc(-c2cccc(B(c3ccccn3)c3ccccc3-c3ccccc3)c2)nc(-c2ccccc2O)c1. The number of phenolic OH excluding ortho intramolecular Hbond substituents is 1. The van der Waals surface area contributed by atoms with Crippen LogP contribution >= 0.6 is 0 Å². The van der Waals surface area contributed by atoms with Crippen LogP contribution in [0.5, 0.6) is 5.75 Å². The Morgan fingerprint density at radius 1 is 0.643 bits per heavy atom. The van der Waals surface area contributed by atoms with Crippen molar-refractivity contribution in [1.82, 2.24) is 9.97 Å². The normalized spacial score (nSPS) is 11.0. The second-order valence-corrected chi connectivity index (χ2v) is 11.1. The first-order valence-corrected chi connectivity index (χ1v) is 14.5. The summed E-state index contributed by atoms with van der Waals surface area (Å²) in [6.45, 7) is 4.38. The van der Waals surface area contributed by atoms with Crippen molar-refractivity contribution in [2.75, 3.05) is 0 Å². The van der Waals surface area contributed by atoms with E-state index in [0.717, 1.165) is 40.0 Å². The molecule has 0 aliphatic heterocycles. The van der Waals surface area contributed by atoms with E-state index in [2.05, 4.69) is 117 Å². The fourth-order valence-electron chi connectivity index (χ4n) is 5.72. The zero-order chi connectivity index (χ0) is 28.9. The van der Waals surface area contributed by atoms with Gasteiger partial charge in [-0.1, -0.05) is 122 Å². The molecule has 0 fully saturated rings. The highest BCUT2D eigenvalue weighted by molar-refractivity contribution is 6.95. The van der Waals surface area contributed by atoms with E-state index in [9.17, 15) is 5.11 Å². The molecular formula is C38H33BN2O. The van der Waals surface area contributed by atoms with Gasteiger partial charge >= 0.3 is 0 Å². The highest BCUT2D eigenvalue weighted by Crippen LogP contribution is 2.31. The van der Waals surface area contributed by atoms with Crippen LogP contribution in [0, 0.1) is 5.92 Å². The molecule has 2 aromatic heterocycles. The predicted molar refractivity (Wildman–Crippen MR) is 176 cm³/mol. The maximum Gasteiger partial charge on any atom is 0.265 e. The largest absolute Gasteiger partial charge is 0.507 e. The molecule has 0 aliphatic rings. The number of phenols is 1. The summed E-state index contributed by atoms with van der Waals surface area (Å²) in [5.74, 6) is 0.728. The molecule has 0 bridgehead atoms. The van der Waals surface area contributed by atoms with Gasteiger partial charge in [-0.3, -0.25) is 4.98 Å². The highest BCUT2D eigenvalue weighted by atomic mass is 16.3. The average molecular weight is 545 g/mol. The van der Waals surface area contributed by atoms with Gasteiger partial charge in [0.05, 0.1) is 11.4 Å². The van der Waals surface area contributed by atoms with E-state index in [1.54, 1.807) is 6.07 Å². The average Bonchev–Trinajstić information content (AvgIpc) is 3.02. The molecule has 1 N–H and O–H groups in total. The van der Waals surface area contributed by atoms with Crippen LogP contribution < -0.4 is 16.5 Å². The molecule has 0 saturated carbocycles. The fourth-order valence-corrected chi connectivity index (χ4v) is 5.72. The van der Waals surface area contributed by atoms with Crippen LogP contribution in [0.1, 0.15) is 19.4 Å². The summed E-state index contributed by atoms with van der Waals surface area (Å²) in [5, 5.41) is 10.6. The van der Waals surface area contributed by atoms with E-state index in [0.29, 0.717) is 5.92 Å². The lowest BCUT2D eigenvalue weighted by Gasteiger charge is -2.19. The first kappa shape index (κ1) is 27.2. The molecule has 6 aromatic rings.